The summed E-state index contributed by atoms with van der Waals surface area (Å²) in [7, 11) is -3.51. The molecule has 0 spiro atoms. The molecule has 0 saturated heterocycles. The second-order valence-corrected chi connectivity index (χ2v) is 8.69. The average Bonchev–Trinajstić information content (AvgIpc) is 2.92. The molecule has 1 aliphatic rings. The lowest BCUT2D eigenvalue weighted by atomic mass is 10.2. The van der Waals surface area contributed by atoms with Crippen molar-refractivity contribution in [3.63, 3.8) is 0 Å². The average molecular weight is 379 g/mol. The second-order valence-electron chi connectivity index (χ2n) is 5.58. The quantitative estimate of drug-likeness (QED) is 0.821. The molecule has 0 aliphatic carbocycles. The number of hydrogen-bond donors (Lipinski definition) is 2. The van der Waals surface area contributed by atoms with Gasteiger partial charge < -0.3 is 10.6 Å². The van der Waals surface area contributed by atoms with E-state index < -0.39 is 15.7 Å². The fourth-order valence-electron chi connectivity index (χ4n) is 2.44. The molecule has 0 unspecified atom stereocenters. The van der Waals surface area contributed by atoms with Crippen LogP contribution >= 0.6 is 11.3 Å². The van der Waals surface area contributed by atoms with Crippen LogP contribution in [0, 0.1) is 0 Å². The number of benzene rings is 1. The van der Waals surface area contributed by atoms with Crippen LogP contribution in [0.3, 0.4) is 0 Å². The molecular formula is C16H17N3O4S2. The van der Waals surface area contributed by atoms with Crippen LogP contribution in [0.5, 0.6) is 0 Å². The van der Waals surface area contributed by atoms with Gasteiger partial charge in [-0.25, -0.2) is 13.4 Å². The number of thiazole rings is 1. The lowest BCUT2D eigenvalue weighted by Gasteiger charge is -2.04. The summed E-state index contributed by atoms with van der Waals surface area (Å²) in [6.07, 6.45) is 1.29. The van der Waals surface area contributed by atoms with E-state index in [0.717, 1.165) is 17.8 Å². The summed E-state index contributed by atoms with van der Waals surface area (Å²) in [5, 5.41) is 5.68. The van der Waals surface area contributed by atoms with Crippen LogP contribution in [-0.4, -0.2) is 37.5 Å². The highest BCUT2D eigenvalue weighted by Gasteiger charge is 2.22. The number of rotatable bonds is 5. The Hall–Kier alpha value is -2.26. The minimum absolute atomic E-state index is 0.173. The van der Waals surface area contributed by atoms with Gasteiger partial charge in [0.25, 0.3) is 5.91 Å². The van der Waals surface area contributed by atoms with Crippen LogP contribution in [0.25, 0.3) is 0 Å². The van der Waals surface area contributed by atoms with Gasteiger partial charge in [-0.15, -0.1) is 0 Å². The molecule has 9 heteroatoms. The van der Waals surface area contributed by atoms with Crippen molar-refractivity contribution in [2.45, 2.75) is 24.2 Å². The van der Waals surface area contributed by atoms with Crippen molar-refractivity contribution in [2.24, 2.45) is 0 Å². The maximum absolute atomic E-state index is 12.2. The van der Waals surface area contributed by atoms with Gasteiger partial charge in [-0.2, -0.15) is 0 Å². The Bertz CT molecular complexity index is 891. The summed E-state index contributed by atoms with van der Waals surface area (Å²) in [6, 6.07) is 8.02. The number of carbonyl (C=O) groups is 2. The van der Waals surface area contributed by atoms with Crippen molar-refractivity contribution in [1.29, 1.82) is 0 Å². The van der Waals surface area contributed by atoms with E-state index in [1.54, 1.807) is 18.2 Å². The van der Waals surface area contributed by atoms with Crippen LogP contribution in [0.15, 0.2) is 35.2 Å². The summed E-state index contributed by atoms with van der Waals surface area (Å²) in [4.78, 5) is 28.9. The third-order valence-corrected chi connectivity index (χ3v) is 6.47. The monoisotopic (exact) mass is 379 g/mol. The minimum atomic E-state index is -3.51. The predicted octanol–water partition coefficient (Wildman–Crippen LogP) is 1.62. The van der Waals surface area contributed by atoms with Crippen molar-refractivity contribution in [3.05, 3.63) is 40.9 Å². The molecule has 2 N–H and O–H groups in total. The fourth-order valence-corrected chi connectivity index (χ4v) is 4.65. The first kappa shape index (κ1) is 17.6. The number of sulfone groups is 1. The van der Waals surface area contributed by atoms with Crippen molar-refractivity contribution < 1.29 is 18.0 Å². The van der Waals surface area contributed by atoms with Gasteiger partial charge in [0.1, 0.15) is 4.88 Å². The number of nitrogens with zero attached hydrogens (tertiary/aromatic N) is 1. The molecule has 0 atom stereocenters. The number of anilines is 1. The molecule has 7 nitrogen and oxygen atoms in total. The van der Waals surface area contributed by atoms with Crippen molar-refractivity contribution in [2.75, 3.05) is 17.6 Å². The SMILES string of the molecule is O=C(CCS(=O)(=O)c1ccccc1)Nc1nc2c(s1)C(=O)NCCC2. The standard InChI is InChI=1S/C16H17N3O4S2/c20-13(8-10-25(22,23)11-5-2-1-3-6-11)19-16-18-12-7-4-9-17-15(21)14(12)24-16/h1-3,5-6H,4,7-10H2,(H,17,21)(H,18,19,20). The minimum Gasteiger partial charge on any atom is -0.351 e. The maximum Gasteiger partial charge on any atom is 0.263 e. The summed E-state index contributed by atoms with van der Waals surface area (Å²) in [5.41, 5.74) is 0.673. The first-order chi connectivity index (χ1) is 12.0. The molecule has 0 fully saturated rings. The zero-order chi connectivity index (χ0) is 17.9. The fraction of sp³-hybridized carbons (Fsp3) is 0.312. The van der Waals surface area contributed by atoms with Gasteiger partial charge in [0, 0.05) is 13.0 Å². The van der Waals surface area contributed by atoms with Gasteiger partial charge in [0.2, 0.25) is 5.91 Å². The van der Waals surface area contributed by atoms with E-state index in [4.69, 9.17) is 0 Å². The van der Waals surface area contributed by atoms with Crippen LogP contribution in [0.2, 0.25) is 0 Å². The third-order valence-electron chi connectivity index (χ3n) is 3.73. The largest absolute Gasteiger partial charge is 0.351 e. The summed E-state index contributed by atoms with van der Waals surface area (Å²) in [6.45, 7) is 0.612. The number of nitrogens with one attached hydrogen (secondary N) is 2. The summed E-state index contributed by atoms with van der Waals surface area (Å²) < 4.78 is 24.4. The normalized spacial score (nSPS) is 14.3. The molecule has 2 aromatic rings. The highest BCUT2D eigenvalue weighted by molar-refractivity contribution is 7.91. The highest BCUT2D eigenvalue weighted by atomic mass is 32.2. The molecule has 1 aromatic heterocycles. The van der Waals surface area contributed by atoms with E-state index in [9.17, 15) is 18.0 Å². The molecule has 1 aromatic carbocycles. The maximum atomic E-state index is 12.2. The van der Waals surface area contributed by atoms with Gasteiger partial charge >= 0.3 is 0 Å². The number of aryl methyl sites for hydroxylation is 1. The Morgan fingerprint density at radius 3 is 2.80 bits per heavy atom. The first-order valence-corrected chi connectivity index (χ1v) is 10.3. The van der Waals surface area contributed by atoms with Crippen LogP contribution in [-0.2, 0) is 21.1 Å². The lowest BCUT2D eigenvalue weighted by molar-refractivity contribution is -0.115. The topological polar surface area (TPSA) is 105 Å². The molecule has 2 heterocycles. The zero-order valence-electron chi connectivity index (χ0n) is 13.3. The van der Waals surface area contributed by atoms with Gasteiger partial charge in [-0.1, -0.05) is 29.5 Å². The van der Waals surface area contributed by atoms with E-state index in [2.05, 4.69) is 15.6 Å². The number of carbonyl (C=O) groups excluding carboxylic acids is 2. The van der Waals surface area contributed by atoms with Crippen molar-refractivity contribution >= 4 is 38.1 Å². The Balaban J connectivity index is 1.62. The molecule has 0 saturated carbocycles. The van der Waals surface area contributed by atoms with Crippen LogP contribution in [0.4, 0.5) is 5.13 Å². The number of hydrogen-bond acceptors (Lipinski definition) is 6. The number of amides is 2. The number of fused-ring (bicyclic) bond motifs is 1. The smallest absolute Gasteiger partial charge is 0.263 e. The van der Waals surface area contributed by atoms with E-state index in [-0.39, 0.29) is 23.0 Å². The van der Waals surface area contributed by atoms with Gasteiger partial charge in [-0.05, 0) is 25.0 Å². The predicted molar refractivity (Wildman–Crippen MR) is 94.5 cm³/mol. The van der Waals surface area contributed by atoms with Crippen molar-refractivity contribution in [1.82, 2.24) is 10.3 Å². The van der Waals surface area contributed by atoms with Crippen LogP contribution < -0.4 is 10.6 Å². The second kappa shape index (κ2) is 7.32. The van der Waals surface area contributed by atoms with Gasteiger partial charge in [-0.3, -0.25) is 9.59 Å². The van der Waals surface area contributed by atoms with E-state index in [0.29, 0.717) is 28.7 Å². The molecule has 25 heavy (non-hydrogen) atoms. The van der Waals surface area contributed by atoms with Gasteiger partial charge in [0.15, 0.2) is 15.0 Å². The molecule has 3 rings (SSSR count). The molecule has 132 valence electrons. The van der Waals surface area contributed by atoms with E-state index >= 15 is 0 Å². The third kappa shape index (κ3) is 4.23. The Labute approximate surface area is 149 Å². The summed E-state index contributed by atoms with van der Waals surface area (Å²) in [5.74, 6) is -0.907. The van der Waals surface area contributed by atoms with Gasteiger partial charge in [0.05, 0.1) is 16.3 Å². The van der Waals surface area contributed by atoms with Crippen molar-refractivity contribution in [3.8, 4) is 0 Å². The molecule has 0 bridgehead atoms. The Morgan fingerprint density at radius 2 is 2.04 bits per heavy atom. The molecule has 1 aliphatic heterocycles. The van der Waals surface area contributed by atoms with Crippen LogP contribution in [0.1, 0.15) is 28.2 Å². The Morgan fingerprint density at radius 1 is 1.28 bits per heavy atom. The van der Waals surface area contributed by atoms with E-state index in [1.807, 2.05) is 0 Å². The Kier molecular flexibility index (Phi) is 5.14. The number of aromatic nitrogens is 1. The molecule has 0 radical (unpaired) electrons. The molecular weight excluding hydrogens is 362 g/mol. The first-order valence-electron chi connectivity index (χ1n) is 7.81. The lowest BCUT2D eigenvalue weighted by Crippen LogP contribution is -2.21. The summed E-state index contributed by atoms with van der Waals surface area (Å²) >= 11 is 1.11. The zero-order valence-corrected chi connectivity index (χ0v) is 15.0. The highest BCUT2D eigenvalue weighted by Crippen LogP contribution is 2.25. The molecule has 2 amide bonds. The van der Waals surface area contributed by atoms with E-state index in [1.165, 1.54) is 12.1 Å².